The lowest BCUT2D eigenvalue weighted by molar-refractivity contribution is -0.112. The summed E-state index contributed by atoms with van der Waals surface area (Å²) in [6.07, 6.45) is 1.70. The molecule has 2 aromatic carbocycles. The number of sulfone groups is 1. The second-order valence-corrected chi connectivity index (χ2v) is 7.30. The topological polar surface area (TPSA) is 72.8 Å². The number of carbonyl (C=O) groups is 1. The van der Waals surface area contributed by atoms with E-state index in [0.29, 0.717) is 22.7 Å². The van der Waals surface area contributed by atoms with E-state index in [1.54, 1.807) is 19.2 Å². The van der Waals surface area contributed by atoms with Crippen molar-refractivity contribution in [2.45, 2.75) is 11.3 Å². The number of rotatable bonds is 5. The molecular weight excluding hydrogens is 314 g/mol. The lowest BCUT2D eigenvalue weighted by Gasteiger charge is -2.08. The molecule has 0 fully saturated rings. The van der Waals surface area contributed by atoms with Crippen molar-refractivity contribution in [3.63, 3.8) is 0 Å². The van der Waals surface area contributed by atoms with Crippen LogP contribution in [0, 0.1) is 0 Å². The third-order valence-electron chi connectivity index (χ3n) is 3.70. The van der Waals surface area contributed by atoms with E-state index >= 15 is 0 Å². The zero-order valence-corrected chi connectivity index (χ0v) is 13.3. The number of hydrogen-bond donors (Lipinski definition) is 0. The summed E-state index contributed by atoms with van der Waals surface area (Å²) in [5.74, 6) is 0.287. The monoisotopic (exact) mass is 329 g/mol. The first kappa shape index (κ1) is 15.4. The van der Waals surface area contributed by atoms with Crippen LogP contribution in [0.1, 0.15) is 5.56 Å². The summed E-state index contributed by atoms with van der Waals surface area (Å²) >= 11 is 0. The van der Waals surface area contributed by atoms with Crippen LogP contribution in [-0.2, 0) is 21.1 Å². The summed E-state index contributed by atoms with van der Waals surface area (Å²) in [6.45, 7) is 0. The number of carbonyl (C=O) groups excluding carboxylic acids is 1. The molecule has 1 heterocycles. The molecule has 1 amide bonds. The molecule has 0 atom stereocenters. The van der Waals surface area contributed by atoms with Crippen LogP contribution in [0.5, 0.6) is 5.75 Å². The van der Waals surface area contributed by atoms with Gasteiger partial charge in [-0.25, -0.2) is 13.4 Å². The van der Waals surface area contributed by atoms with Gasteiger partial charge in [-0.3, -0.25) is 4.79 Å². The van der Waals surface area contributed by atoms with Crippen molar-refractivity contribution in [3.05, 3.63) is 58.6 Å². The van der Waals surface area contributed by atoms with E-state index in [9.17, 15) is 13.2 Å². The Labute approximate surface area is 133 Å². The third kappa shape index (κ3) is 3.17. The van der Waals surface area contributed by atoms with Gasteiger partial charge >= 0.3 is 0 Å². The molecular formula is C17H15NO4S. The first-order chi connectivity index (χ1) is 11.0. The highest BCUT2D eigenvalue weighted by Gasteiger charge is 2.17. The number of para-hydroxylation sites is 1. The van der Waals surface area contributed by atoms with Gasteiger partial charge in [0, 0.05) is 11.3 Å². The first-order valence-corrected chi connectivity index (χ1v) is 8.74. The summed E-state index contributed by atoms with van der Waals surface area (Å²) in [6, 6.07) is 11.9. The molecule has 6 heteroatoms. The smallest absolute Gasteiger partial charge is 0.270 e. The van der Waals surface area contributed by atoms with Crippen molar-refractivity contribution in [2.24, 2.45) is 4.99 Å². The Kier molecular flexibility index (Phi) is 4.00. The zero-order valence-electron chi connectivity index (χ0n) is 12.5. The van der Waals surface area contributed by atoms with E-state index in [4.69, 9.17) is 4.74 Å². The van der Waals surface area contributed by atoms with Crippen molar-refractivity contribution in [2.75, 3.05) is 12.9 Å². The van der Waals surface area contributed by atoms with Gasteiger partial charge in [0.25, 0.3) is 5.91 Å². The number of nitrogens with zero attached hydrogens (tertiary/aromatic N) is 1. The summed E-state index contributed by atoms with van der Waals surface area (Å²) < 4.78 is 30.3. The minimum atomic E-state index is -3.45. The van der Waals surface area contributed by atoms with Gasteiger partial charge < -0.3 is 4.74 Å². The molecule has 118 valence electrons. The summed E-state index contributed by atoms with van der Waals surface area (Å²) in [5.41, 5.74) is 0.844. The van der Waals surface area contributed by atoms with Crippen molar-refractivity contribution in [1.29, 1.82) is 0 Å². The van der Waals surface area contributed by atoms with Gasteiger partial charge in [-0.2, -0.15) is 0 Å². The van der Waals surface area contributed by atoms with Crippen molar-refractivity contribution in [3.8, 4) is 5.75 Å². The van der Waals surface area contributed by atoms with Crippen LogP contribution < -0.4 is 15.3 Å². The third-order valence-corrected chi connectivity index (χ3v) is 5.41. The summed E-state index contributed by atoms with van der Waals surface area (Å²) in [4.78, 5) is 15.2. The Morgan fingerprint density at radius 3 is 2.70 bits per heavy atom. The second-order valence-electron chi connectivity index (χ2n) is 5.20. The van der Waals surface area contributed by atoms with Gasteiger partial charge in [0.05, 0.1) is 23.1 Å². The Morgan fingerprint density at radius 1 is 1.13 bits per heavy atom. The summed E-state index contributed by atoms with van der Waals surface area (Å²) in [5, 5.41) is 1.06. The fourth-order valence-electron chi connectivity index (χ4n) is 2.50. The number of aryl methyl sites for hydroxylation is 1. The fourth-order valence-corrected chi connectivity index (χ4v) is 3.81. The average molecular weight is 329 g/mol. The molecule has 1 aliphatic heterocycles. The minimum absolute atomic E-state index is 0.0305. The van der Waals surface area contributed by atoms with Crippen molar-refractivity contribution >= 4 is 21.8 Å². The molecule has 2 aromatic rings. The Balaban J connectivity index is 1.86. The van der Waals surface area contributed by atoms with Crippen LogP contribution in [-0.4, -0.2) is 27.2 Å². The first-order valence-electron chi connectivity index (χ1n) is 7.09. The average Bonchev–Trinajstić information content (AvgIpc) is 2.92. The van der Waals surface area contributed by atoms with Crippen LogP contribution in [0.25, 0.3) is 6.08 Å². The molecule has 0 spiro atoms. The van der Waals surface area contributed by atoms with Gasteiger partial charge in [0.2, 0.25) is 0 Å². The van der Waals surface area contributed by atoms with Crippen LogP contribution in [0.15, 0.2) is 52.4 Å². The molecule has 0 aromatic heterocycles. The molecule has 0 radical (unpaired) electrons. The second kappa shape index (κ2) is 5.96. The van der Waals surface area contributed by atoms with Gasteiger partial charge in [-0.15, -0.1) is 0 Å². The molecule has 0 N–H and O–H groups in total. The largest absolute Gasteiger partial charge is 0.496 e. The fraction of sp³-hybridized carbons (Fsp3) is 0.176. The van der Waals surface area contributed by atoms with Crippen LogP contribution in [0.3, 0.4) is 0 Å². The molecule has 3 rings (SSSR count). The molecule has 0 unspecified atom stereocenters. The van der Waals surface area contributed by atoms with E-state index in [1.807, 2.05) is 18.2 Å². The highest BCUT2D eigenvalue weighted by Crippen LogP contribution is 2.19. The van der Waals surface area contributed by atoms with Gasteiger partial charge in [0.15, 0.2) is 9.84 Å². The van der Waals surface area contributed by atoms with Crippen LogP contribution in [0.2, 0.25) is 0 Å². The standard InChI is InChI=1S/C17H15NO4S/c1-22-16-5-3-2-4-12(16)8-9-23(20,21)14-6-7-15-13(10-14)11-17(19)18-15/h2-7,10-11H,8-9H2,1H3. The predicted octanol–water partition coefficient (Wildman–Crippen LogP) is 0.652. The molecule has 5 nitrogen and oxygen atoms in total. The highest BCUT2D eigenvalue weighted by atomic mass is 32.2. The molecule has 0 saturated carbocycles. The van der Waals surface area contributed by atoms with Gasteiger partial charge in [-0.05, 0) is 36.2 Å². The normalized spacial score (nSPS) is 13.2. The van der Waals surface area contributed by atoms with E-state index in [2.05, 4.69) is 4.99 Å². The number of fused-ring (bicyclic) bond motifs is 1. The number of ether oxygens (including phenoxy) is 1. The van der Waals surface area contributed by atoms with E-state index in [1.165, 1.54) is 18.2 Å². The predicted molar refractivity (Wildman–Crippen MR) is 85.4 cm³/mol. The quantitative estimate of drug-likeness (QED) is 0.807. The molecule has 23 heavy (non-hydrogen) atoms. The minimum Gasteiger partial charge on any atom is -0.496 e. The Morgan fingerprint density at radius 2 is 1.91 bits per heavy atom. The Hall–Kier alpha value is -2.47. The number of methoxy groups -OCH3 is 1. The van der Waals surface area contributed by atoms with E-state index in [0.717, 1.165) is 5.56 Å². The van der Waals surface area contributed by atoms with E-state index < -0.39 is 9.84 Å². The van der Waals surface area contributed by atoms with Crippen LogP contribution in [0.4, 0.5) is 0 Å². The number of benzene rings is 2. The maximum atomic E-state index is 12.5. The highest BCUT2D eigenvalue weighted by molar-refractivity contribution is 7.91. The van der Waals surface area contributed by atoms with Gasteiger partial charge in [0.1, 0.15) is 5.75 Å². The Bertz CT molecular complexity index is 993. The number of amides is 1. The lowest BCUT2D eigenvalue weighted by Crippen LogP contribution is -2.23. The molecule has 1 aliphatic rings. The molecule has 0 aliphatic carbocycles. The summed E-state index contributed by atoms with van der Waals surface area (Å²) in [7, 11) is -1.89. The van der Waals surface area contributed by atoms with Gasteiger partial charge in [-0.1, -0.05) is 18.2 Å². The zero-order chi connectivity index (χ0) is 16.4. The van der Waals surface area contributed by atoms with E-state index in [-0.39, 0.29) is 16.6 Å². The SMILES string of the molecule is COc1ccccc1CCS(=O)(=O)c1ccc2c(c1)=CC(=O)N=2. The maximum absolute atomic E-state index is 12.5. The molecule has 0 bridgehead atoms. The number of hydrogen-bond acceptors (Lipinski definition) is 4. The lowest BCUT2D eigenvalue weighted by atomic mass is 10.1. The maximum Gasteiger partial charge on any atom is 0.270 e. The van der Waals surface area contributed by atoms with Crippen LogP contribution >= 0.6 is 0 Å². The van der Waals surface area contributed by atoms with Crippen molar-refractivity contribution < 1.29 is 17.9 Å². The molecule has 0 saturated heterocycles. The van der Waals surface area contributed by atoms with Crippen molar-refractivity contribution in [1.82, 2.24) is 0 Å².